The second-order valence-corrected chi connectivity index (χ2v) is 3.84. The second-order valence-electron chi connectivity index (χ2n) is 2.76. The van der Waals surface area contributed by atoms with Gasteiger partial charge in [0.15, 0.2) is 5.75 Å². The number of halogens is 4. The molecule has 0 unspecified atom stereocenters. The Kier molecular flexibility index (Phi) is 3.77. The summed E-state index contributed by atoms with van der Waals surface area (Å²) >= 11 is 1.75. The fourth-order valence-electron chi connectivity index (χ4n) is 0.967. The van der Waals surface area contributed by atoms with Crippen LogP contribution in [0.3, 0.4) is 0 Å². The molecule has 0 aromatic carbocycles. The number of pyridine rings is 1. The zero-order valence-corrected chi connectivity index (χ0v) is 9.89. The standard InChI is InChI=1S/C8H8F3IN2O/c1-4-6(12)7(15-8(9,10)11)5(2-13)3-14-4/h3H,2,13H2,1H3. The minimum absolute atomic E-state index is 0.0469. The van der Waals surface area contributed by atoms with Crippen LogP contribution >= 0.6 is 22.6 Å². The summed E-state index contributed by atoms with van der Waals surface area (Å²) < 4.78 is 40.5. The van der Waals surface area contributed by atoms with Crippen LogP contribution in [0.15, 0.2) is 6.20 Å². The Bertz CT molecular complexity index is 368. The maximum absolute atomic E-state index is 12.1. The van der Waals surface area contributed by atoms with Crippen LogP contribution in [-0.4, -0.2) is 11.3 Å². The van der Waals surface area contributed by atoms with Crippen LogP contribution in [0.2, 0.25) is 0 Å². The van der Waals surface area contributed by atoms with Gasteiger partial charge in [-0.1, -0.05) is 0 Å². The molecule has 0 spiro atoms. The zero-order valence-electron chi connectivity index (χ0n) is 7.73. The van der Waals surface area contributed by atoms with Gasteiger partial charge in [-0.05, 0) is 29.5 Å². The fourth-order valence-corrected chi connectivity index (χ4v) is 1.56. The van der Waals surface area contributed by atoms with Gasteiger partial charge in [0.1, 0.15) is 0 Å². The van der Waals surface area contributed by atoms with Gasteiger partial charge in [0.05, 0.1) is 9.26 Å². The average Bonchev–Trinajstić information content (AvgIpc) is 2.11. The molecule has 15 heavy (non-hydrogen) atoms. The van der Waals surface area contributed by atoms with Crippen molar-refractivity contribution in [2.45, 2.75) is 19.8 Å². The predicted molar refractivity (Wildman–Crippen MR) is 56.3 cm³/mol. The molecule has 0 saturated heterocycles. The van der Waals surface area contributed by atoms with Crippen LogP contribution in [0, 0.1) is 10.5 Å². The summed E-state index contributed by atoms with van der Waals surface area (Å²) in [7, 11) is 0. The molecule has 1 aromatic rings. The van der Waals surface area contributed by atoms with Gasteiger partial charge in [0, 0.05) is 18.3 Å². The monoisotopic (exact) mass is 332 g/mol. The van der Waals surface area contributed by atoms with E-state index in [9.17, 15) is 13.2 Å². The predicted octanol–water partition coefficient (Wildman–Crippen LogP) is 2.35. The van der Waals surface area contributed by atoms with Crippen molar-refractivity contribution in [3.05, 3.63) is 21.0 Å². The van der Waals surface area contributed by atoms with Gasteiger partial charge in [-0.15, -0.1) is 13.2 Å². The van der Waals surface area contributed by atoms with E-state index >= 15 is 0 Å². The molecule has 2 N–H and O–H groups in total. The molecule has 0 saturated carbocycles. The van der Waals surface area contributed by atoms with Gasteiger partial charge in [-0.25, -0.2) is 0 Å². The summed E-state index contributed by atoms with van der Waals surface area (Å²) in [6.07, 6.45) is -3.42. The third-order valence-corrected chi connectivity index (χ3v) is 2.93. The molecular weight excluding hydrogens is 324 g/mol. The highest BCUT2D eigenvalue weighted by Crippen LogP contribution is 2.31. The SMILES string of the molecule is Cc1ncc(CN)c(OC(F)(F)F)c1I. The van der Waals surface area contributed by atoms with Gasteiger partial charge in [-0.3, -0.25) is 4.98 Å². The van der Waals surface area contributed by atoms with Crippen molar-refractivity contribution >= 4 is 22.6 Å². The van der Waals surface area contributed by atoms with Gasteiger partial charge in [0.25, 0.3) is 0 Å². The third kappa shape index (κ3) is 3.20. The third-order valence-electron chi connectivity index (χ3n) is 1.66. The van der Waals surface area contributed by atoms with Crippen molar-refractivity contribution in [3.8, 4) is 5.75 Å². The number of nitrogens with two attached hydrogens (primary N) is 1. The number of aromatic nitrogens is 1. The van der Waals surface area contributed by atoms with Crippen LogP contribution in [0.25, 0.3) is 0 Å². The molecule has 0 bridgehead atoms. The van der Waals surface area contributed by atoms with E-state index in [0.29, 0.717) is 9.26 Å². The Labute approximate surface area is 98.0 Å². The number of alkyl halides is 3. The molecule has 0 amide bonds. The van der Waals surface area contributed by atoms with E-state index in [0.717, 1.165) is 0 Å². The summed E-state index contributed by atoms with van der Waals surface area (Å²) in [4.78, 5) is 3.91. The number of nitrogens with zero attached hydrogens (tertiary/aromatic N) is 1. The largest absolute Gasteiger partial charge is 0.573 e. The quantitative estimate of drug-likeness (QED) is 0.846. The first-order valence-electron chi connectivity index (χ1n) is 3.95. The van der Waals surface area contributed by atoms with Crippen molar-refractivity contribution in [1.29, 1.82) is 0 Å². The van der Waals surface area contributed by atoms with Gasteiger partial charge < -0.3 is 10.5 Å². The molecular formula is C8H8F3IN2O. The highest BCUT2D eigenvalue weighted by molar-refractivity contribution is 14.1. The van der Waals surface area contributed by atoms with Gasteiger partial charge in [0.2, 0.25) is 0 Å². The van der Waals surface area contributed by atoms with E-state index in [2.05, 4.69) is 9.72 Å². The first kappa shape index (κ1) is 12.5. The summed E-state index contributed by atoms with van der Waals surface area (Å²) in [6, 6.07) is 0. The number of aryl methyl sites for hydroxylation is 1. The van der Waals surface area contributed by atoms with Crippen LogP contribution in [0.4, 0.5) is 13.2 Å². The molecule has 1 rings (SSSR count). The molecule has 0 atom stereocenters. The zero-order chi connectivity index (χ0) is 11.6. The van der Waals surface area contributed by atoms with Crippen LogP contribution in [0.5, 0.6) is 5.75 Å². The lowest BCUT2D eigenvalue weighted by atomic mass is 10.2. The first-order chi connectivity index (χ1) is 6.85. The highest BCUT2D eigenvalue weighted by atomic mass is 127. The maximum Gasteiger partial charge on any atom is 0.573 e. The fraction of sp³-hybridized carbons (Fsp3) is 0.375. The van der Waals surface area contributed by atoms with E-state index in [1.54, 1.807) is 29.5 Å². The minimum Gasteiger partial charge on any atom is -0.404 e. The van der Waals surface area contributed by atoms with Crippen molar-refractivity contribution in [1.82, 2.24) is 4.98 Å². The van der Waals surface area contributed by atoms with Gasteiger partial charge in [-0.2, -0.15) is 0 Å². The first-order valence-corrected chi connectivity index (χ1v) is 5.03. The van der Waals surface area contributed by atoms with E-state index in [4.69, 9.17) is 5.73 Å². The molecule has 84 valence electrons. The topological polar surface area (TPSA) is 48.1 Å². The average molecular weight is 332 g/mol. The molecule has 1 aromatic heterocycles. The smallest absolute Gasteiger partial charge is 0.404 e. The summed E-state index contributed by atoms with van der Waals surface area (Å²) in [5.41, 5.74) is 6.01. The van der Waals surface area contributed by atoms with Gasteiger partial charge >= 0.3 is 6.36 Å². The number of ether oxygens (including phenoxy) is 1. The lowest BCUT2D eigenvalue weighted by Crippen LogP contribution is -2.20. The van der Waals surface area contributed by atoms with Crippen molar-refractivity contribution in [3.63, 3.8) is 0 Å². The molecule has 0 aliphatic heterocycles. The second kappa shape index (κ2) is 4.52. The van der Waals surface area contributed by atoms with Crippen LogP contribution < -0.4 is 10.5 Å². The Morgan fingerprint density at radius 2 is 2.13 bits per heavy atom. The van der Waals surface area contributed by atoms with E-state index in [1.165, 1.54) is 6.20 Å². The summed E-state index contributed by atoms with van der Waals surface area (Å²) in [5, 5.41) is 0. The molecule has 0 aliphatic carbocycles. The lowest BCUT2D eigenvalue weighted by Gasteiger charge is -2.14. The lowest BCUT2D eigenvalue weighted by molar-refractivity contribution is -0.275. The Balaban J connectivity index is 3.18. The van der Waals surface area contributed by atoms with Crippen molar-refractivity contribution in [2.24, 2.45) is 5.73 Å². The number of hydrogen-bond acceptors (Lipinski definition) is 3. The Morgan fingerprint density at radius 1 is 1.53 bits per heavy atom. The summed E-state index contributed by atoms with van der Waals surface area (Å²) in [5.74, 6) is -0.252. The van der Waals surface area contributed by atoms with Crippen LogP contribution in [0.1, 0.15) is 11.3 Å². The molecule has 0 aliphatic rings. The molecule has 7 heteroatoms. The van der Waals surface area contributed by atoms with Crippen molar-refractivity contribution in [2.75, 3.05) is 0 Å². The van der Waals surface area contributed by atoms with E-state index in [-0.39, 0.29) is 17.9 Å². The van der Waals surface area contributed by atoms with E-state index < -0.39 is 6.36 Å². The summed E-state index contributed by atoms with van der Waals surface area (Å²) in [6.45, 7) is 1.56. The molecule has 0 radical (unpaired) electrons. The van der Waals surface area contributed by atoms with Crippen LogP contribution in [-0.2, 0) is 6.54 Å². The van der Waals surface area contributed by atoms with E-state index in [1.807, 2.05) is 0 Å². The number of rotatable bonds is 2. The maximum atomic E-state index is 12.1. The molecule has 3 nitrogen and oxygen atoms in total. The highest BCUT2D eigenvalue weighted by Gasteiger charge is 2.33. The Hall–Kier alpha value is -0.570. The molecule has 1 heterocycles. The Morgan fingerprint density at radius 3 is 2.60 bits per heavy atom. The number of hydrogen-bond donors (Lipinski definition) is 1. The minimum atomic E-state index is -4.71. The van der Waals surface area contributed by atoms with Crippen molar-refractivity contribution < 1.29 is 17.9 Å². The molecule has 0 fully saturated rings. The normalized spacial score (nSPS) is 11.6.